The van der Waals surface area contributed by atoms with Crippen LogP contribution in [0.1, 0.15) is 5.56 Å². The monoisotopic (exact) mass is 286 g/mol. The van der Waals surface area contributed by atoms with Crippen LogP contribution in [-0.4, -0.2) is 18.0 Å². The summed E-state index contributed by atoms with van der Waals surface area (Å²) in [5.41, 5.74) is 13.5. The number of benzene rings is 2. The van der Waals surface area contributed by atoms with Crippen LogP contribution in [0.25, 0.3) is 0 Å². The van der Waals surface area contributed by atoms with Gasteiger partial charge in [-0.25, -0.2) is 0 Å². The largest absolute Gasteiger partial charge is 0.393 e. The van der Waals surface area contributed by atoms with Crippen molar-refractivity contribution < 1.29 is 4.92 Å². The van der Waals surface area contributed by atoms with E-state index in [1.54, 1.807) is 12.1 Å². The summed E-state index contributed by atoms with van der Waals surface area (Å²) in [5, 5.41) is 10.8. The molecule has 0 unspecified atom stereocenters. The van der Waals surface area contributed by atoms with Gasteiger partial charge in [0.2, 0.25) is 0 Å². The van der Waals surface area contributed by atoms with E-state index in [1.807, 2.05) is 30.3 Å². The Labute approximate surface area is 123 Å². The first-order valence-electron chi connectivity index (χ1n) is 6.64. The molecule has 0 aliphatic heterocycles. The maximum Gasteiger partial charge on any atom is 0.292 e. The Balaban J connectivity index is 2.26. The standard InChI is InChI=1S/C15H18N4O2/c16-8-9-18(11-12-4-2-1-3-5-12)13-6-7-15(19(20)21)14(17)10-13/h1-7,10H,8-9,11,16-17H2. The van der Waals surface area contributed by atoms with Crippen molar-refractivity contribution in [2.45, 2.75) is 6.54 Å². The fourth-order valence-electron chi connectivity index (χ4n) is 2.16. The number of rotatable bonds is 6. The van der Waals surface area contributed by atoms with Crippen LogP contribution in [0, 0.1) is 10.1 Å². The number of nitro groups is 1. The van der Waals surface area contributed by atoms with Gasteiger partial charge in [0.1, 0.15) is 5.69 Å². The van der Waals surface area contributed by atoms with Crippen molar-refractivity contribution in [3.63, 3.8) is 0 Å². The van der Waals surface area contributed by atoms with Crippen LogP contribution < -0.4 is 16.4 Å². The summed E-state index contributed by atoms with van der Waals surface area (Å²) in [5.74, 6) is 0. The Bertz CT molecular complexity index is 616. The van der Waals surface area contributed by atoms with Gasteiger partial charge in [0.15, 0.2) is 0 Å². The van der Waals surface area contributed by atoms with Gasteiger partial charge in [-0.05, 0) is 17.7 Å². The molecule has 4 N–H and O–H groups in total. The van der Waals surface area contributed by atoms with Gasteiger partial charge < -0.3 is 16.4 Å². The summed E-state index contributed by atoms with van der Waals surface area (Å²) in [6.07, 6.45) is 0. The van der Waals surface area contributed by atoms with E-state index in [2.05, 4.69) is 4.90 Å². The first-order chi connectivity index (χ1) is 10.1. The molecule has 21 heavy (non-hydrogen) atoms. The van der Waals surface area contributed by atoms with Crippen LogP contribution in [-0.2, 0) is 6.54 Å². The second-order valence-electron chi connectivity index (χ2n) is 4.70. The number of anilines is 2. The van der Waals surface area contributed by atoms with Gasteiger partial charge in [-0.2, -0.15) is 0 Å². The van der Waals surface area contributed by atoms with Gasteiger partial charge in [0, 0.05) is 31.4 Å². The number of hydrogen-bond acceptors (Lipinski definition) is 5. The number of hydrogen-bond donors (Lipinski definition) is 2. The first kappa shape index (κ1) is 14.8. The molecule has 0 amide bonds. The number of nitrogens with two attached hydrogens (primary N) is 2. The molecular formula is C15H18N4O2. The average molecular weight is 286 g/mol. The minimum Gasteiger partial charge on any atom is -0.393 e. The van der Waals surface area contributed by atoms with Crippen molar-refractivity contribution in [3.05, 3.63) is 64.2 Å². The second kappa shape index (κ2) is 6.71. The Morgan fingerprint density at radius 2 is 1.86 bits per heavy atom. The molecule has 0 aliphatic carbocycles. The highest BCUT2D eigenvalue weighted by molar-refractivity contribution is 5.66. The lowest BCUT2D eigenvalue weighted by molar-refractivity contribution is -0.383. The van der Waals surface area contributed by atoms with E-state index in [1.165, 1.54) is 6.07 Å². The predicted molar refractivity (Wildman–Crippen MR) is 84.1 cm³/mol. The van der Waals surface area contributed by atoms with Gasteiger partial charge in [0.05, 0.1) is 4.92 Å². The maximum absolute atomic E-state index is 10.8. The lowest BCUT2D eigenvalue weighted by atomic mass is 10.1. The van der Waals surface area contributed by atoms with Gasteiger partial charge >= 0.3 is 0 Å². The van der Waals surface area contributed by atoms with Crippen LogP contribution in [0.3, 0.4) is 0 Å². The summed E-state index contributed by atoms with van der Waals surface area (Å²) in [6, 6.07) is 14.7. The molecule has 0 aromatic heterocycles. The van der Waals surface area contributed by atoms with E-state index in [-0.39, 0.29) is 11.4 Å². The van der Waals surface area contributed by atoms with Crippen molar-refractivity contribution in [3.8, 4) is 0 Å². The Morgan fingerprint density at radius 1 is 1.14 bits per heavy atom. The zero-order chi connectivity index (χ0) is 15.2. The fraction of sp³-hybridized carbons (Fsp3) is 0.200. The Hall–Kier alpha value is -2.60. The highest BCUT2D eigenvalue weighted by Crippen LogP contribution is 2.27. The number of nitro benzene ring substituents is 1. The highest BCUT2D eigenvalue weighted by Gasteiger charge is 2.14. The van der Waals surface area contributed by atoms with Gasteiger partial charge in [-0.1, -0.05) is 30.3 Å². The van der Waals surface area contributed by atoms with Crippen molar-refractivity contribution in [1.29, 1.82) is 0 Å². The maximum atomic E-state index is 10.8. The molecule has 0 saturated heterocycles. The minimum atomic E-state index is -0.483. The summed E-state index contributed by atoms with van der Waals surface area (Å²) in [6.45, 7) is 1.81. The lowest BCUT2D eigenvalue weighted by Crippen LogP contribution is -2.29. The SMILES string of the molecule is NCCN(Cc1ccccc1)c1ccc([N+](=O)[O-])c(N)c1. The second-order valence-corrected chi connectivity index (χ2v) is 4.70. The van der Waals surface area contributed by atoms with Gasteiger partial charge in [-0.3, -0.25) is 10.1 Å². The van der Waals surface area contributed by atoms with Crippen LogP contribution in [0.5, 0.6) is 0 Å². The Kier molecular flexibility index (Phi) is 4.73. The molecule has 0 fully saturated rings. The summed E-state index contributed by atoms with van der Waals surface area (Å²) >= 11 is 0. The summed E-state index contributed by atoms with van der Waals surface area (Å²) < 4.78 is 0. The summed E-state index contributed by atoms with van der Waals surface area (Å²) in [4.78, 5) is 12.4. The van der Waals surface area contributed by atoms with Gasteiger partial charge in [0.25, 0.3) is 5.69 Å². The third-order valence-corrected chi connectivity index (χ3v) is 3.19. The molecule has 2 aromatic rings. The lowest BCUT2D eigenvalue weighted by Gasteiger charge is -2.24. The van der Waals surface area contributed by atoms with E-state index in [0.29, 0.717) is 19.6 Å². The van der Waals surface area contributed by atoms with Crippen molar-refractivity contribution in [1.82, 2.24) is 0 Å². The molecule has 0 radical (unpaired) electrons. The highest BCUT2D eigenvalue weighted by atomic mass is 16.6. The quantitative estimate of drug-likeness (QED) is 0.481. The van der Waals surface area contributed by atoms with Crippen LogP contribution >= 0.6 is 0 Å². The normalized spacial score (nSPS) is 10.3. The van der Waals surface area contributed by atoms with E-state index >= 15 is 0 Å². The molecule has 0 aliphatic rings. The van der Waals surface area contributed by atoms with E-state index < -0.39 is 4.92 Å². The molecule has 0 bridgehead atoms. The number of nitrogens with zero attached hydrogens (tertiary/aromatic N) is 2. The first-order valence-corrected chi connectivity index (χ1v) is 6.64. The number of nitrogen functional groups attached to an aromatic ring is 1. The molecule has 0 spiro atoms. The molecule has 0 atom stereocenters. The fourth-order valence-corrected chi connectivity index (χ4v) is 2.16. The van der Waals surface area contributed by atoms with Gasteiger partial charge in [-0.15, -0.1) is 0 Å². The minimum absolute atomic E-state index is 0.0776. The van der Waals surface area contributed by atoms with Crippen molar-refractivity contribution in [2.75, 3.05) is 23.7 Å². The molecule has 0 heterocycles. The smallest absolute Gasteiger partial charge is 0.292 e. The van der Waals surface area contributed by atoms with Crippen molar-refractivity contribution >= 4 is 17.1 Å². The molecule has 2 aromatic carbocycles. The molecule has 6 heteroatoms. The Morgan fingerprint density at radius 3 is 2.43 bits per heavy atom. The molecular weight excluding hydrogens is 268 g/mol. The van der Waals surface area contributed by atoms with E-state index in [4.69, 9.17) is 11.5 Å². The molecule has 2 rings (SSSR count). The van der Waals surface area contributed by atoms with E-state index in [0.717, 1.165) is 11.3 Å². The summed E-state index contributed by atoms with van der Waals surface area (Å²) in [7, 11) is 0. The zero-order valence-electron chi connectivity index (χ0n) is 11.6. The van der Waals surface area contributed by atoms with E-state index in [9.17, 15) is 10.1 Å². The molecule has 110 valence electrons. The van der Waals surface area contributed by atoms with Crippen LogP contribution in [0.4, 0.5) is 17.1 Å². The van der Waals surface area contributed by atoms with Crippen LogP contribution in [0.2, 0.25) is 0 Å². The topological polar surface area (TPSA) is 98.4 Å². The van der Waals surface area contributed by atoms with Crippen LogP contribution in [0.15, 0.2) is 48.5 Å². The third-order valence-electron chi connectivity index (χ3n) is 3.19. The molecule has 0 saturated carbocycles. The van der Waals surface area contributed by atoms with Crippen molar-refractivity contribution in [2.24, 2.45) is 5.73 Å². The zero-order valence-corrected chi connectivity index (χ0v) is 11.6. The average Bonchev–Trinajstić information content (AvgIpc) is 2.47. The molecule has 6 nitrogen and oxygen atoms in total. The predicted octanol–water partition coefficient (Wildman–Crippen LogP) is 2.14. The third kappa shape index (κ3) is 3.70.